The van der Waals surface area contributed by atoms with Crippen LogP contribution in [0.5, 0.6) is 0 Å². The van der Waals surface area contributed by atoms with Gasteiger partial charge in [-0.15, -0.1) is 0 Å². The monoisotopic (exact) mass is 304 g/mol. The van der Waals surface area contributed by atoms with Crippen molar-refractivity contribution in [3.8, 4) is 0 Å². The van der Waals surface area contributed by atoms with Gasteiger partial charge in [0, 0.05) is 32.0 Å². The molecule has 2 amide bonds. The Labute approximate surface area is 129 Å². The molecule has 0 aliphatic carbocycles. The van der Waals surface area contributed by atoms with Crippen molar-refractivity contribution >= 4 is 6.03 Å². The van der Waals surface area contributed by atoms with Crippen molar-refractivity contribution in [3.05, 3.63) is 54.1 Å². The van der Waals surface area contributed by atoms with E-state index >= 15 is 0 Å². The summed E-state index contributed by atoms with van der Waals surface area (Å²) < 4.78 is 15.4. The fraction of sp³-hybridized carbons (Fsp3) is 0.375. The molecule has 0 unspecified atom stereocenters. The highest BCUT2D eigenvalue weighted by Gasteiger charge is 2.13. The topological polar surface area (TPSA) is 50.2 Å². The van der Waals surface area contributed by atoms with E-state index in [-0.39, 0.29) is 17.9 Å². The summed E-state index contributed by atoms with van der Waals surface area (Å²) in [7, 11) is 1.73. The molecule has 1 heterocycles. The summed E-state index contributed by atoms with van der Waals surface area (Å²) in [6.45, 7) is 3.06. The van der Waals surface area contributed by atoms with Crippen molar-refractivity contribution in [2.75, 3.05) is 13.6 Å². The lowest BCUT2D eigenvalue weighted by Crippen LogP contribution is -2.43. The Hall–Kier alpha value is -2.37. The van der Waals surface area contributed by atoms with Gasteiger partial charge in [-0.1, -0.05) is 18.2 Å². The molecule has 22 heavy (non-hydrogen) atoms. The normalized spacial score (nSPS) is 12.0. The number of aromatic nitrogens is 2. The number of carbonyl (C=O) groups is 1. The molecule has 2 rings (SSSR count). The van der Waals surface area contributed by atoms with Gasteiger partial charge in [0.15, 0.2) is 0 Å². The van der Waals surface area contributed by atoms with Crippen molar-refractivity contribution in [1.82, 2.24) is 20.0 Å². The minimum absolute atomic E-state index is 0.142. The van der Waals surface area contributed by atoms with E-state index in [1.807, 2.05) is 19.2 Å². The van der Waals surface area contributed by atoms with E-state index in [1.165, 1.54) is 6.07 Å². The van der Waals surface area contributed by atoms with Crippen LogP contribution in [0.1, 0.15) is 12.5 Å². The molecule has 1 aromatic carbocycles. The Balaban J connectivity index is 1.79. The summed E-state index contributed by atoms with van der Waals surface area (Å²) in [6.07, 6.45) is 4.02. The highest BCUT2D eigenvalue weighted by Crippen LogP contribution is 2.09. The van der Waals surface area contributed by atoms with E-state index in [0.29, 0.717) is 25.1 Å². The molecule has 0 aliphatic rings. The molecule has 0 bridgehead atoms. The highest BCUT2D eigenvalue weighted by atomic mass is 19.1. The van der Waals surface area contributed by atoms with E-state index < -0.39 is 0 Å². The third-order valence-electron chi connectivity index (χ3n) is 3.42. The molecule has 0 saturated heterocycles. The molecule has 0 aliphatic heterocycles. The zero-order valence-electron chi connectivity index (χ0n) is 12.9. The van der Waals surface area contributed by atoms with Crippen LogP contribution < -0.4 is 5.32 Å². The first kappa shape index (κ1) is 16.0. The van der Waals surface area contributed by atoms with Gasteiger partial charge in [-0.2, -0.15) is 5.10 Å². The number of amides is 2. The SMILES string of the molecule is C[C@@H](Cc1ccccc1F)NC(=O)N(C)CCn1cccn1. The number of carbonyl (C=O) groups excluding carboxylic acids is 1. The summed E-state index contributed by atoms with van der Waals surface area (Å²) in [6, 6.07) is 8.15. The van der Waals surface area contributed by atoms with Gasteiger partial charge >= 0.3 is 6.03 Å². The van der Waals surface area contributed by atoms with Gasteiger partial charge in [0.2, 0.25) is 0 Å². The molecule has 6 heteroatoms. The van der Waals surface area contributed by atoms with Gasteiger partial charge in [-0.05, 0) is 31.0 Å². The summed E-state index contributed by atoms with van der Waals surface area (Å²) in [4.78, 5) is 13.7. The van der Waals surface area contributed by atoms with Gasteiger partial charge in [-0.3, -0.25) is 4.68 Å². The number of halogens is 1. The third kappa shape index (κ3) is 4.58. The van der Waals surface area contributed by atoms with Gasteiger partial charge in [0.25, 0.3) is 0 Å². The molecule has 118 valence electrons. The second-order valence-corrected chi connectivity index (χ2v) is 5.34. The van der Waals surface area contributed by atoms with Crippen LogP contribution in [0.25, 0.3) is 0 Å². The van der Waals surface area contributed by atoms with Gasteiger partial charge in [0.05, 0.1) is 6.54 Å². The standard InChI is InChI=1S/C16H21FN4O/c1-13(12-14-6-3-4-7-15(14)17)19-16(22)20(2)10-11-21-9-5-8-18-21/h3-9,13H,10-12H2,1-2H3,(H,19,22)/t13-/m0/s1. The maximum Gasteiger partial charge on any atom is 0.317 e. The van der Waals surface area contributed by atoms with Crippen molar-refractivity contribution in [2.45, 2.75) is 25.9 Å². The van der Waals surface area contributed by atoms with Crippen LogP contribution >= 0.6 is 0 Å². The summed E-state index contributed by atoms with van der Waals surface area (Å²) >= 11 is 0. The lowest BCUT2D eigenvalue weighted by Gasteiger charge is -2.21. The van der Waals surface area contributed by atoms with E-state index in [1.54, 1.807) is 41.0 Å². The molecule has 5 nitrogen and oxygen atoms in total. The molecular formula is C16H21FN4O. The van der Waals surface area contributed by atoms with Crippen molar-refractivity contribution in [2.24, 2.45) is 0 Å². The number of hydrogen-bond donors (Lipinski definition) is 1. The Bertz CT molecular complexity index is 600. The molecule has 0 saturated carbocycles. The first-order chi connectivity index (χ1) is 10.6. The molecule has 1 aromatic heterocycles. The number of rotatable bonds is 6. The number of nitrogens with one attached hydrogen (secondary N) is 1. The van der Waals surface area contributed by atoms with Gasteiger partial charge in [-0.25, -0.2) is 9.18 Å². The lowest BCUT2D eigenvalue weighted by atomic mass is 10.1. The van der Waals surface area contributed by atoms with Crippen LogP contribution in [0.3, 0.4) is 0 Å². The number of hydrogen-bond acceptors (Lipinski definition) is 2. The van der Waals surface area contributed by atoms with Crippen molar-refractivity contribution in [3.63, 3.8) is 0 Å². The molecule has 2 aromatic rings. The van der Waals surface area contributed by atoms with Crippen LogP contribution in [0, 0.1) is 5.82 Å². The van der Waals surface area contributed by atoms with Gasteiger partial charge < -0.3 is 10.2 Å². The van der Waals surface area contributed by atoms with Crippen LogP contribution in [0.4, 0.5) is 9.18 Å². The van der Waals surface area contributed by atoms with E-state index in [4.69, 9.17) is 0 Å². The van der Waals surface area contributed by atoms with Crippen LogP contribution in [-0.4, -0.2) is 40.3 Å². The molecule has 0 spiro atoms. The quantitative estimate of drug-likeness (QED) is 0.890. The zero-order valence-corrected chi connectivity index (χ0v) is 12.9. The molecule has 1 atom stereocenters. The first-order valence-electron chi connectivity index (χ1n) is 7.28. The average molecular weight is 304 g/mol. The average Bonchev–Trinajstić information content (AvgIpc) is 3.00. The highest BCUT2D eigenvalue weighted by molar-refractivity contribution is 5.74. The van der Waals surface area contributed by atoms with Crippen molar-refractivity contribution < 1.29 is 9.18 Å². The minimum atomic E-state index is -0.240. The third-order valence-corrected chi connectivity index (χ3v) is 3.42. The van der Waals surface area contributed by atoms with E-state index in [9.17, 15) is 9.18 Å². The smallest absolute Gasteiger partial charge is 0.317 e. The second-order valence-electron chi connectivity index (χ2n) is 5.34. The van der Waals surface area contributed by atoms with E-state index in [0.717, 1.165) is 0 Å². The van der Waals surface area contributed by atoms with Crippen LogP contribution in [0.2, 0.25) is 0 Å². The number of likely N-dealkylation sites (N-methyl/N-ethyl adjacent to an activating group) is 1. The second kappa shape index (κ2) is 7.59. The minimum Gasteiger partial charge on any atom is -0.335 e. The van der Waals surface area contributed by atoms with Crippen LogP contribution in [-0.2, 0) is 13.0 Å². The van der Waals surface area contributed by atoms with Gasteiger partial charge in [0.1, 0.15) is 5.82 Å². The fourth-order valence-electron chi connectivity index (χ4n) is 2.15. The largest absolute Gasteiger partial charge is 0.335 e. The maximum atomic E-state index is 13.6. The molecular weight excluding hydrogens is 283 g/mol. The predicted octanol–water partition coefficient (Wildman–Crippen LogP) is 2.29. The lowest BCUT2D eigenvalue weighted by molar-refractivity contribution is 0.203. The molecule has 1 N–H and O–H groups in total. The van der Waals surface area contributed by atoms with E-state index in [2.05, 4.69) is 10.4 Å². The number of nitrogens with zero attached hydrogens (tertiary/aromatic N) is 3. The molecule has 0 radical (unpaired) electrons. The predicted molar refractivity (Wildman–Crippen MR) is 83.0 cm³/mol. The summed E-state index contributed by atoms with van der Waals surface area (Å²) in [5.41, 5.74) is 0.606. The number of urea groups is 1. The Morgan fingerprint density at radius 3 is 2.86 bits per heavy atom. The Morgan fingerprint density at radius 1 is 1.41 bits per heavy atom. The number of benzene rings is 1. The molecule has 0 fully saturated rings. The maximum absolute atomic E-state index is 13.6. The summed E-state index contributed by atoms with van der Waals surface area (Å²) in [5, 5.41) is 6.97. The Morgan fingerprint density at radius 2 is 2.18 bits per heavy atom. The van der Waals surface area contributed by atoms with Crippen molar-refractivity contribution in [1.29, 1.82) is 0 Å². The zero-order chi connectivity index (χ0) is 15.9. The first-order valence-corrected chi connectivity index (χ1v) is 7.28. The Kier molecular flexibility index (Phi) is 5.52. The van der Waals surface area contributed by atoms with Crippen LogP contribution in [0.15, 0.2) is 42.7 Å². The summed E-state index contributed by atoms with van der Waals surface area (Å²) in [5.74, 6) is -0.240. The fourth-order valence-corrected chi connectivity index (χ4v) is 2.15.